The first kappa shape index (κ1) is 17.6. The Morgan fingerprint density at radius 3 is 2.82 bits per heavy atom. The third kappa shape index (κ3) is 2.85. The number of amides is 1. The maximum absolute atomic E-state index is 12.7. The molecule has 5 N–H and O–H groups in total. The molecule has 10 heteroatoms. The van der Waals surface area contributed by atoms with Crippen molar-refractivity contribution in [3.8, 4) is 26.9 Å². The van der Waals surface area contributed by atoms with Crippen LogP contribution in [0.5, 0.6) is 5.88 Å². The van der Waals surface area contributed by atoms with Crippen LogP contribution in [0.2, 0.25) is 0 Å². The minimum Gasteiger partial charge on any atom is -0.481 e. The number of aromatic amines is 1. The Kier molecular flexibility index (Phi) is 4.24. The minimum atomic E-state index is -0.645. The summed E-state index contributed by atoms with van der Waals surface area (Å²) in [5.41, 5.74) is 13.0. The van der Waals surface area contributed by atoms with Crippen molar-refractivity contribution in [2.75, 3.05) is 12.8 Å². The van der Waals surface area contributed by atoms with Gasteiger partial charge in [-0.2, -0.15) is 0 Å². The molecule has 4 rings (SSSR count). The lowest BCUT2D eigenvalue weighted by molar-refractivity contribution is 0.1000. The number of aromatic nitrogens is 4. The van der Waals surface area contributed by atoms with Gasteiger partial charge < -0.3 is 21.2 Å². The Bertz CT molecular complexity index is 1280. The van der Waals surface area contributed by atoms with Crippen molar-refractivity contribution in [2.24, 2.45) is 5.73 Å². The normalized spacial score (nSPS) is 10.9. The number of carbonyl (C=O) groups excluding carboxylic acids is 1. The van der Waals surface area contributed by atoms with Gasteiger partial charge in [0.2, 0.25) is 11.8 Å². The van der Waals surface area contributed by atoms with Crippen molar-refractivity contribution in [3.05, 3.63) is 52.7 Å². The van der Waals surface area contributed by atoms with Crippen molar-refractivity contribution in [1.29, 1.82) is 0 Å². The van der Waals surface area contributed by atoms with E-state index in [9.17, 15) is 9.59 Å². The van der Waals surface area contributed by atoms with Crippen molar-refractivity contribution in [1.82, 2.24) is 19.9 Å². The third-order valence-electron chi connectivity index (χ3n) is 4.12. The zero-order chi connectivity index (χ0) is 19.8. The number of nitrogens with two attached hydrogens (primary N) is 2. The van der Waals surface area contributed by atoms with Gasteiger partial charge in [-0.3, -0.25) is 14.6 Å². The summed E-state index contributed by atoms with van der Waals surface area (Å²) in [6, 6.07) is 5.08. The summed E-state index contributed by atoms with van der Waals surface area (Å²) in [7, 11) is 1.53. The first-order valence-electron chi connectivity index (χ1n) is 8.06. The van der Waals surface area contributed by atoms with Gasteiger partial charge in [-0.15, -0.1) is 11.3 Å². The van der Waals surface area contributed by atoms with E-state index in [1.165, 1.54) is 30.7 Å². The zero-order valence-electron chi connectivity index (χ0n) is 14.6. The number of primary amides is 1. The molecule has 140 valence electrons. The van der Waals surface area contributed by atoms with E-state index in [2.05, 4.69) is 19.9 Å². The molecule has 0 atom stereocenters. The van der Waals surface area contributed by atoms with Gasteiger partial charge in [0.1, 0.15) is 16.1 Å². The van der Waals surface area contributed by atoms with Crippen LogP contribution in [-0.2, 0) is 0 Å². The number of hydrogen-bond acceptors (Lipinski definition) is 8. The number of thiazole rings is 1. The van der Waals surface area contributed by atoms with Crippen LogP contribution in [0, 0.1) is 0 Å². The molecule has 0 aromatic carbocycles. The van der Waals surface area contributed by atoms with Gasteiger partial charge in [-0.25, -0.2) is 9.97 Å². The Labute approximate surface area is 162 Å². The van der Waals surface area contributed by atoms with Gasteiger partial charge in [0.25, 0.3) is 5.56 Å². The molecule has 0 aliphatic heterocycles. The van der Waals surface area contributed by atoms with E-state index in [1.54, 1.807) is 18.5 Å². The highest BCUT2D eigenvalue weighted by molar-refractivity contribution is 7.18. The second kappa shape index (κ2) is 6.74. The summed E-state index contributed by atoms with van der Waals surface area (Å²) < 4.78 is 5.28. The molecule has 4 heterocycles. The van der Waals surface area contributed by atoms with Gasteiger partial charge in [0.05, 0.1) is 34.3 Å². The highest BCUT2D eigenvalue weighted by atomic mass is 32.1. The third-order valence-corrected chi connectivity index (χ3v) is 5.17. The van der Waals surface area contributed by atoms with Crippen LogP contribution in [0.25, 0.3) is 32.0 Å². The molecule has 28 heavy (non-hydrogen) atoms. The summed E-state index contributed by atoms with van der Waals surface area (Å²) in [5, 5.41) is 0.433. The summed E-state index contributed by atoms with van der Waals surface area (Å²) in [5.74, 6) is -0.188. The van der Waals surface area contributed by atoms with Crippen LogP contribution in [0.1, 0.15) is 10.4 Å². The maximum atomic E-state index is 12.7. The summed E-state index contributed by atoms with van der Waals surface area (Å²) in [6.07, 6.45) is 4.57. The second-order valence-corrected chi connectivity index (χ2v) is 6.85. The average Bonchev–Trinajstić information content (AvgIpc) is 3.16. The van der Waals surface area contributed by atoms with Crippen molar-refractivity contribution < 1.29 is 9.53 Å². The van der Waals surface area contributed by atoms with Crippen LogP contribution >= 0.6 is 11.3 Å². The highest BCUT2D eigenvalue weighted by Crippen LogP contribution is 2.37. The van der Waals surface area contributed by atoms with E-state index in [0.717, 1.165) is 10.4 Å². The number of nitrogens with one attached hydrogen (secondary N) is 1. The van der Waals surface area contributed by atoms with Crippen LogP contribution in [0.3, 0.4) is 0 Å². The fourth-order valence-electron chi connectivity index (χ4n) is 2.80. The molecule has 1 amide bonds. The molecule has 0 fully saturated rings. The lowest BCUT2D eigenvalue weighted by Gasteiger charge is -2.07. The molecule has 4 aromatic rings. The average molecular weight is 394 g/mol. The van der Waals surface area contributed by atoms with E-state index >= 15 is 0 Å². The van der Waals surface area contributed by atoms with Gasteiger partial charge in [0, 0.05) is 18.6 Å². The number of nitrogen functional groups attached to an aromatic ring is 1. The minimum absolute atomic E-state index is 0.175. The molecular weight excluding hydrogens is 380 g/mol. The van der Waals surface area contributed by atoms with Crippen LogP contribution in [0.4, 0.5) is 5.69 Å². The molecule has 4 aromatic heterocycles. The zero-order valence-corrected chi connectivity index (χ0v) is 15.4. The molecule has 0 unspecified atom stereocenters. The number of methoxy groups -OCH3 is 1. The lowest BCUT2D eigenvalue weighted by Crippen LogP contribution is -2.15. The Balaban J connectivity index is 1.86. The largest absolute Gasteiger partial charge is 0.481 e. The van der Waals surface area contributed by atoms with Gasteiger partial charge in [-0.05, 0) is 18.2 Å². The smallest absolute Gasteiger partial charge is 0.260 e. The van der Waals surface area contributed by atoms with Gasteiger partial charge in [0.15, 0.2) is 0 Å². The van der Waals surface area contributed by atoms with Crippen LogP contribution in [0.15, 0.2) is 41.6 Å². The van der Waals surface area contributed by atoms with Crippen molar-refractivity contribution in [3.63, 3.8) is 0 Å². The number of carbonyl (C=O) groups is 1. The fourth-order valence-corrected chi connectivity index (χ4v) is 3.79. The van der Waals surface area contributed by atoms with E-state index in [-0.39, 0.29) is 16.8 Å². The van der Waals surface area contributed by atoms with Crippen molar-refractivity contribution in [2.45, 2.75) is 0 Å². The van der Waals surface area contributed by atoms with E-state index in [1.807, 2.05) is 6.07 Å². The second-order valence-electron chi connectivity index (χ2n) is 5.82. The first-order chi connectivity index (χ1) is 13.5. The number of pyridine rings is 3. The standard InChI is InChI=1S/C18H14N6O3S/c1-27-17-9(3-2-4-21-17)11-7-23-18(28-11)12-13(19)14-10(24-16(12)26)5-8(6-22-14)15(20)25/h2-7H,1H3,(H2,20,25)(H3,19,24,26). The Morgan fingerprint density at radius 2 is 2.07 bits per heavy atom. The van der Waals surface area contributed by atoms with Gasteiger partial charge in [-0.1, -0.05) is 0 Å². The number of ether oxygens (including phenoxy) is 1. The van der Waals surface area contributed by atoms with Crippen LogP contribution in [-0.4, -0.2) is 33.0 Å². The molecule has 9 nitrogen and oxygen atoms in total. The molecule has 0 saturated heterocycles. The molecular formula is C18H14N6O3S. The fraction of sp³-hybridized carbons (Fsp3) is 0.0556. The molecule has 0 aliphatic rings. The number of anilines is 1. The Hall–Kier alpha value is -3.79. The maximum Gasteiger partial charge on any atom is 0.260 e. The molecule has 0 saturated carbocycles. The molecule has 0 aliphatic carbocycles. The highest BCUT2D eigenvalue weighted by Gasteiger charge is 2.19. The monoisotopic (exact) mass is 394 g/mol. The quantitative estimate of drug-likeness (QED) is 0.477. The first-order valence-corrected chi connectivity index (χ1v) is 8.88. The molecule has 0 radical (unpaired) electrons. The van der Waals surface area contributed by atoms with Gasteiger partial charge >= 0.3 is 0 Å². The SMILES string of the molecule is COc1ncccc1-c1cnc(-c2c(N)c3ncc(C(N)=O)cc3[nH]c2=O)s1. The number of rotatable bonds is 4. The molecule has 0 bridgehead atoms. The van der Waals surface area contributed by atoms with Crippen LogP contribution < -0.4 is 21.8 Å². The van der Waals surface area contributed by atoms with E-state index in [4.69, 9.17) is 16.2 Å². The summed E-state index contributed by atoms with van der Waals surface area (Å²) in [6.45, 7) is 0. The van der Waals surface area contributed by atoms with E-state index in [0.29, 0.717) is 21.9 Å². The number of hydrogen-bond donors (Lipinski definition) is 3. The summed E-state index contributed by atoms with van der Waals surface area (Å²) in [4.78, 5) is 40.1. The van der Waals surface area contributed by atoms with Crippen molar-refractivity contribution >= 4 is 34.0 Å². The number of fused-ring (bicyclic) bond motifs is 1. The predicted octanol–water partition coefficient (Wildman–Crippen LogP) is 1.80. The number of H-pyrrole nitrogens is 1. The summed E-state index contributed by atoms with van der Waals surface area (Å²) >= 11 is 1.28. The predicted molar refractivity (Wildman–Crippen MR) is 106 cm³/mol. The topological polar surface area (TPSA) is 150 Å². The van der Waals surface area contributed by atoms with E-state index < -0.39 is 11.5 Å². The Morgan fingerprint density at radius 1 is 1.25 bits per heavy atom. The number of nitrogens with zero attached hydrogens (tertiary/aromatic N) is 3. The lowest BCUT2D eigenvalue weighted by atomic mass is 10.1. The molecule has 0 spiro atoms.